The van der Waals surface area contributed by atoms with Gasteiger partial charge in [-0.15, -0.1) is 0 Å². The molecule has 0 radical (unpaired) electrons. The molecule has 0 saturated carbocycles. The maximum absolute atomic E-state index is 10.6. The van der Waals surface area contributed by atoms with Gasteiger partial charge in [0.25, 0.3) is 0 Å². The maximum Gasteiger partial charge on any atom is 0.0661 e. The van der Waals surface area contributed by atoms with Crippen LogP contribution >= 0.6 is 0 Å². The van der Waals surface area contributed by atoms with Crippen LogP contribution in [0.15, 0.2) is 0 Å². The Morgan fingerprint density at radius 3 is 2.59 bits per heavy atom. The van der Waals surface area contributed by atoms with Crippen LogP contribution in [0.2, 0.25) is 0 Å². The summed E-state index contributed by atoms with van der Waals surface area (Å²) in [6.45, 7) is 9.63. The van der Waals surface area contributed by atoms with E-state index in [1.807, 2.05) is 0 Å². The van der Waals surface area contributed by atoms with E-state index in [2.05, 4.69) is 25.7 Å². The van der Waals surface area contributed by atoms with Gasteiger partial charge in [-0.2, -0.15) is 0 Å². The molecule has 1 N–H and O–H groups in total. The van der Waals surface area contributed by atoms with Crippen molar-refractivity contribution < 1.29 is 9.84 Å². The van der Waals surface area contributed by atoms with E-state index in [4.69, 9.17) is 4.74 Å². The molecule has 0 aromatic heterocycles. The molecule has 0 aromatic carbocycles. The second-order valence-corrected chi connectivity index (χ2v) is 5.98. The van der Waals surface area contributed by atoms with E-state index in [-0.39, 0.29) is 5.60 Å². The molecule has 3 heteroatoms. The van der Waals surface area contributed by atoms with Crippen molar-refractivity contribution in [1.82, 2.24) is 4.90 Å². The lowest BCUT2D eigenvalue weighted by atomic mass is 9.86. The molecule has 3 nitrogen and oxygen atoms in total. The largest absolute Gasteiger partial charge is 0.390 e. The van der Waals surface area contributed by atoms with Crippen LogP contribution in [0, 0.1) is 0 Å². The molecule has 1 heterocycles. The molecule has 1 aliphatic heterocycles. The molecule has 0 amide bonds. The Kier molecular flexibility index (Phi) is 5.42. The molecular weight excluding hydrogens is 214 g/mol. The zero-order valence-electron chi connectivity index (χ0n) is 12.0. The van der Waals surface area contributed by atoms with E-state index in [0.717, 1.165) is 51.7 Å². The van der Waals surface area contributed by atoms with Crippen LogP contribution in [0.4, 0.5) is 0 Å². The maximum atomic E-state index is 10.6. The summed E-state index contributed by atoms with van der Waals surface area (Å²) in [6, 6.07) is 0. The summed E-state index contributed by atoms with van der Waals surface area (Å²) in [6.07, 6.45) is 4.72. The van der Waals surface area contributed by atoms with Crippen molar-refractivity contribution in [2.75, 3.05) is 26.7 Å². The smallest absolute Gasteiger partial charge is 0.0661 e. The number of nitrogens with zero attached hydrogens (tertiary/aromatic N) is 1. The van der Waals surface area contributed by atoms with E-state index in [1.165, 1.54) is 0 Å². The van der Waals surface area contributed by atoms with Crippen molar-refractivity contribution in [2.24, 2.45) is 0 Å². The minimum Gasteiger partial charge on any atom is -0.390 e. The molecule has 0 spiro atoms. The minimum absolute atomic E-state index is 0.119. The number of hydrogen-bond donors (Lipinski definition) is 1. The van der Waals surface area contributed by atoms with Gasteiger partial charge in [-0.3, -0.25) is 0 Å². The van der Waals surface area contributed by atoms with Crippen molar-refractivity contribution in [3.63, 3.8) is 0 Å². The molecule has 1 atom stereocenters. The van der Waals surface area contributed by atoms with Crippen LogP contribution < -0.4 is 0 Å². The first kappa shape index (κ1) is 14.9. The second-order valence-electron chi connectivity index (χ2n) is 5.98. The summed E-state index contributed by atoms with van der Waals surface area (Å²) >= 11 is 0. The van der Waals surface area contributed by atoms with Crippen molar-refractivity contribution >= 4 is 0 Å². The normalized spacial score (nSPS) is 28.1. The first-order chi connectivity index (χ1) is 7.91. The van der Waals surface area contributed by atoms with Crippen LogP contribution in [0.1, 0.15) is 52.9 Å². The fourth-order valence-electron chi connectivity index (χ4n) is 2.44. The van der Waals surface area contributed by atoms with Crippen LogP contribution in [-0.4, -0.2) is 48.0 Å². The Balaban J connectivity index is 2.45. The molecule has 1 rings (SSSR count). The van der Waals surface area contributed by atoms with Gasteiger partial charge in [0.15, 0.2) is 0 Å². The summed E-state index contributed by atoms with van der Waals surface area (Å²) < 4.78 is 5.43. The molecule has 1 saturated heterocycles. The highest BCUT2D eigenvalue weighted by atomic mass is 16.5. The standard InChI is InChI=1S/C14H29NO2/c1-5-15-11-6-7-14(16,10-12-15)9-8-13(2,3)17-4/h16H,5-12H2,1-4H3. The molecule has 17 heavy (non-hydrogen) atoms. The highest BCUT2D eigenvalue weighted by Gasteiger charge is 2.31. The van der Waals surface area contributed by atoms with Gasteiger partial charge in [0.05, 0.1) is 11.2 Å². The monoisotopic (exact) mass is 243 g/mol. The predicted molar refractivity (Wildman–Crippen MR) is 71.2 cm³/mol. The highest BCUT2D eigenvalue weighted by molar-refractivity contribution is 4.85. The fourth-order valence-corrected chi connectivity index (χ4v) is 2.44. The van der Waals surface area contributed by atoms with Gasteiger partial charge in [0.1, 0.15) is 0 Å². The Morgan fingerprint density at radius 2 is 2.00 bits per heavy atom. The number of hydrogen-bond acceptors (Lipinski definition) is 3. The van der Waals surface area contributed by atoms with Crippen LogP contribution in [0.25, 0.3) is 0 Å². The van der Waals surface area contributed by atoms with E-state index in [1.54, 1.807) is 7.11 Å². The van der Waals surface area contributed by atoms with Crippen molar-refractivity contribution in [3.8, 4) is 0 Å². The van der Waals surface area contributed by atoms with Crippen LogP contribution in [-0.2, 0) is 4.74 Å². The lowest BCUT2D eigenvalue weighted by molar-refractivity contribution is -0.0321. The molecule has 0 bridgehead atoms. The summed E-state index contributed by atoms with van der Waals surface area (Å²) in [5.41, 5.74) is -0.591. The first-order valence-electron chi connectivity index (χ1n) is 6.91. The lowest BCUT2D eigenvalue weighted by Crippen LogP contribution is -2.34. The van der Waals surface area contributed by atoms with Gasteiger partial charge in [0.2, 0.25) is 0 Å². The number of rotatable bonds is 5. The topological polar surface area (TPSA) is 32.7 Å². The number of ether oxygens (including phenoxy) is 1. The Bertz CT molecular complexity index is 230. The lowest BCUT2D eigenvalue weighted by Gasteiger charge is -2.31. The van der Waals surface area contributed by atoms with Gasteiger partial charge >= 0.3 is 0 Å². The van der Waals surface area contributed by atoms with E-state index in [0.29, 0.717) is 0 Å². The Labute approximate surface area is 106 Å². The van der Waals surface area contributed by atoms with Crippen LogP contribution in [0.5, 0.6) is 0 Å². The fraction of sp³-hybridized carbons (Fsp3) is 1.00. The van der Waals surface area contributed by atoms with Gasteiger partial charge in [-0.05, 0) is 59.0 Å². The van der Waals surface area contributed by atoms with Gasteiger partial charge in [-0.25, -0.2) is 0 Å². The van der Waals surface area contributed by atoms with E-state index >= 15 is 0 Å². The van der Waals surface area contributed by atoms with Crippen molar-refractivity contribution in [1.29, 1.82) is 0 Å². The molecule has 1 aliphatic rings. The number of likely N-dealkylation sites (tertiary alicyclic amines) is 1. The molecule has 0 aliphatic carbocycles. The molecule has 0 aromatic rings. The summed E-state index contributed by atoms with van der Waals surface area (Å²) in [5.74, 6) is 0. The molecule has 1 fully saturated rings. The summed E-state index contributed by atoms with van der Waals surface area (Å²) in [5, 5.41) is 10.6. The summed E-state index contributed by atoms with van der Waals surface area (Å²) in [7, 11) is 1.75. The molecular formula is C14H29NO2. The minimum atomic E-state index is -0.472. The third kappa shape index (κ3) is 4.94. The number of aliphatic hydroxyl groups is 1. The molecule has 102 valence electrons. The molecule has 1 unspecified atom stereocenters. The van der Waals surface area contributed by atoms with Gasteiger partial charge in [0, 0.05) is 13.7 Å². The Hall–Kier alpha value is -0.120. The van der Waals surface area contributed by atoms with Crippen LogP contribution in [0.3, 0.4) is 0 Å². The highest BCUT2D eigenvalue weighted by Crippen LogP contribution is 2.30. The van der Waals surface area contributed by atoms with Crippen molar-refractivity contribution in [3.05, 3.63) is 0 Å². The quantitative estimate of drug-likeness (QED) is 0.805. The average Bonchev–Trinajstić information content (AvgIpc) is 2.50. The second kappa shape index (κ2) is 6.17. The van der Waals surface area contributed by atoms with Gasteiger partial charge < -0.3 is 14.7 Å². The predicted octanol–water partition coefficient (Wildman–Crippen LogP) is 2.43. The van der Waals surface area contributed by atoms with Crippen molar-refractivity contribution in [2.45, 2.75) is 64.1 Å². The Morgan fingerprint density at radius 1 is 1.29 bits per heavy atom. The third-order valence-electron chi connectivity index (χ3n) is 4.20. The zero-order valence-corrected chi connectivity index (χ0v) is 12.0. The third-order valence-corrected chi connectivity index (χ3v) is 4.20. The summed E-state index contributed by atoms with van der Waals surface area (Å²) in [4.78, 5) is 2.43. The van der Waals surface area contributed by atoms with Gasteiger partial charge in [-0.1, -0.05) is 6.92 Å². The first-order valence-corrected chi connectivity index (χ1v) is 6.91. The number of methoxy groups -OCH3 is 1. The van der Waals surface area contributed by atoms with E-state index in [9.17, 15) is 5.11 Å². The van der Waals surface area contributed by atoms with E-state index < -0.39 is 5.60 Å². The average molecular weight is 243 g/mol. The SMILES string of the molecule is CCN1CCCC(O)(CCC(C)(C)OC)CC1. The zero-order chi connectivity index (χ0) is 12.9.